The molecule has 0 saturated carbocycles. The molecule has 4 unspecified atom stereocenters. The second-order valence-corrected chi connectivity index (χ2v) is 17.4. The molecule has 0 aliphatic heterocycles. The molecule has 2 aromatic carbocycles. The van der Waals surface area contributed by atoms with Crippen molar-refractivity contribution >= 4 is 32.2 Å². The van der Waals surface area contributed by atoms with Gasteiger partial charge in [-0.25, -0.2) is 0 Å². The van der Waals surface area contributed by atoms with Crippen molar-refractivity contribution in [3.63, 3.8) is 0 Å². The summed E-state index contributed by atoms with van der Waals surface area (Å²) in [5, 5.41) is 0. The topological polar surface area (TPSA) is 139 Å². The Morgan fingerprint density at radius 1 is 0.696 bits per heavy atom. The van der Waals surface area contributed by atoms with Crippen molar-refractivity contribution in [1.82, 2.24) is 0 Å². The standard InChI is InChI=1S/C34H50O10S2/c1-23-11-15-28(16-12-23)45(37,38)42-22-25(3)43-32(36)30(34(8,9)10)19-27(20-33(5,6)7)31(35)41-21-26(4)44-46(39,40)29-17-13-24(2)14-18-29/h11-18,25-27,30H,19-22H2,1-10H3. The lowest BCUT2D eigenvalue weighted by molar-refractivity contribution is -0.162. The highest BCUT2D eigenvalue weighted by molar-refractivity contribution is 7.87. The average molecular weight is 683 g/mol. The molecule has 0 bridgehead atoms. The molecule has 0 aromatic heterocycles. The summed E-state index contributed by atoms with van der Waals surface area (Å²) in [6.07, 6.45) is -1.36. The third-order valence-corrected chi connectivity index (χ3v) is 9.92. The van der Waals surface area contributed by atoms with E-state index in [1.54, 1.807) is 24.3 Å². The molecule has 10 nitrogen and oxygen atoms in total. The first-order valence-electron chi connectivity index (χ1n) is 15.3. The van der Waals surface area contributed by atoms with Crippen LogP contribution in [0.3, 0.4) is 0 Å². The Labute approximate surface area is 275 Å². The maximum atomic E-state index is 13.5. The van der Waals surface area contributed by atoms with E-state index < -0.39 is 61.6 Å². The molecule has 0 fully saturated rings. The van der Waals surface area contributed by atoms with Gasteiger partial charge in [0.2, 0.25) is 0 Å². The van der Waals surface area contributed by atoms with E-state index in [9.17, 15) is 26.4 Å². The predicted octanol–water partition coefficient (Wildman–Crippen LogP) is 6.38. The summed E-state index contributed by atoms with van der Waals surface area (Å²) in [5.41, 5.74) is 0.869. The zero-order chi connectivity index (χ0) is 35.1. The van der Waals surface area contributed by atoms with Crippen LogP contribution in [0.1, 0.15) is 79.4 Å². The first-order chi connectivity index (χ1) is 21.0. The fourth-order valence-electron chi connectivity index (χ4n) is 4.68. The van der Waals surface area contributed by atoms with Crippen LogP contribution >= 0.6 is 0 Å². The quantitative estimate of drug-likeness (QED) is 0.154. The number of carbonyl (C=O) groups is 2. The maximum absolute atomic E-state index is 13.5. The minimum Gasteiger partial charge on any atom is -0.463 e. The fraction of sp³-hybridized carbons (Fsp3) is 0.588. The largest absolute Gasteiger partial charge is 0.463 e. The Kier molecular flexibility index (Phi) is 13.6. The van der Waals surface area contributed by atoms with Crippen LogP contribution in [-0.4, -0.2) is 54.2 Å². The van der Waals surface area contributed by atoms with Gasteiger partial charge in [0, 0.05) is 0 Å². The molecule has 0 heterocycles. The first kappa shape index (κ1) is 39.4. The molecule has 0 spiro atoms. The Hall–Kier alpha value is -2.80. The van der Waals surface area contributed by atoms with Gasteiger partial charge in [-0.15, -0.1) is 0 Å². The van der Waals surface area contributed by atoms with E-state index >= 15 is 0 Å². The van der Waals surface area contributed by atoms with Gasteiger partial charge in [0.15, 0.2) is 0 Å². The molecule has 0 aliphatic rings. The van der Waals surface area contributed by atoms with E-state index in [1.165, 1.54) is 38.1 Å². The van der Waals surface area contributed by atoms with E-state index in [0.717, 1.165) is 11.1 Å². The lowest BCUT2D eigenvalue weighted by Gasteiger charge is -2.34. The van der Waals surface area contributed by atoms with Crippen LogP contribution in [0.25, 0.3) is 0 Å². The van der Waals surface area contributed by atoms with Crippen molar-refractivity contribution < 1.29 is 44.3 Å². The van der Waals surface area contributed by atoms with E-state index in [2.05, 4.69) is 0 Å². The third kappa shape index (κ3) is 12.8. The van der Waals surface area contributed by atoms with Crippen LogP contribution in [0.4, 0.5) is 0 Å². The molecule has 12 heteroatoms. The molecule has 258 valence electrons. The molecule has 46 heavy (non-hydrogen) atoms. The second-order valence-electron chi connectivity index (χ2n) is 14.2. The van der Waals surface area contributed by atoms with Crippen LogP contribution < -0.4 is 0 Å². The lowest BCUT2D eigenvalue weighted by Crippen LogP contribution is -2.37. The monoisotopic (exact) mass is 682 g/mol. The molecule has 0 amide bonds. The van der Waals surface area contributed by atoms with Crippen LogP contribution in [0, 0.1) is 36.5 Å². The zero-order valence-corrected chi connectivity index (χ0v) is 30.3. The molecule has 4 atom stereocenters. The number of ether oxygens (including phenoxy) is 2. The van der Waals surface area contributed by atoms with Crippen LogP contribution in [0.2, 0.25) is 0 Å². The number of hydrogen-bond donors (Lipinski definition) is 0. The van der Waals surface area contributed by atoms with Crippen molar-refractivity contribution in [1.29, 1.82) is 0 Å². The van der Waals surface area contributed by atoms with Crippen molar-refractivity contribution in [2.24, 2.45) is 22.7 Å². The highest BCUT2D eigenvalue weighted by atomic mass is 32.2. The van der Waals surface area contributed by atoms with E-state index in [1.807, 2.05) is 55.4 Å². The van der Waals surface area contributed by atoms with Crippen molar-refractivity contribution in [2.45, 2.75) is 104 Å². The first-order valence-corrected chi connectivity index (χ1v) is 18.1. The highest BCUT2D eigenvalue weighted by Crippen LogP contribution is 2.37. The van der Waals surface area contributed by atoms with E-state index in [-0.39, 0.29) is 34.8 Å². The number of esters is 2. The molecule has 0 aliphatic carbocycles. The minimum atomic E-state index is -4.07. The lowest BCUT2D eigenvalue weighted by atomic mass is 9.72. The number of benzene rings is 2. The number of carbonyl (C=O) groups excluding carboxylic acids is 2. The van der Waals surface area contributed by atoms with Gasteiger partial charge in [-0.2, -0.15) is 16.8 Å². The Bertz CT molecular complexity index is 1520. The van der Waals surface area contributed by atoms with Crippen LogP contribution in [0.5, 0.6) is 0 Å². The second kappa shape index (κ2) is 15.9. The zero-order valence-electron chi connectivity index (χ0n) is 28.7. The van der Waals surface area contributed by atoms with E-state index in [4.69, 9.17) is 17.8 Å². The fourth-order valence-corrected chi connectivity index (χ4v) is 6.73. The number of rotatable bonds is 15. The summed E-state index contributed by atoms with van der Waals surface area (Å²) in [7, 11) is -8.12. The summed E-state index contributed by atoms with van der Waals surface area (Å²) >= 11 is 0. The Morgan fingerprint density at radius 2 is 1.17 bits per heavy atom. The highest BCUT2D eigenvalue weighted by Gasteiger charge is 2.39. The molecule has 0 N–H and O–H groups in total. The molecular formula is C34H50O10S2. The molecule has 0 saturated heterocycles. The smallest absolute Gasteiger partial charge is 0.309 e. The maximum Gasteiger partial charge on any atom is 0.309 e. The minimum absolute atomic E-state index is 0.000182. The van der Waals surface area contributed by atoms with Gasteiger partial charge in [0.1, 0.15) is 25.4 Å². The molecule has 2 aromatic rings. The normalized spacial score (nSPS) is 15.4. The summed E-state index contributed by atoms with van der Waals surface area (Å²) < 4.78 is 72.1. The summed E-state index contributed by atoms with van der Waals surface area (Å²) in [4.78, 5) is 26.9. The van der Waals surface area contributed by atoms with Crippen molar-refractivity contribution in [2.75, 3.05) is 13.2 Å². The van der Waals surface area contributed by atoms with Gasteiger partial charge < -0.3 is 9.47 Å². The predicted molar refractivity (Wildman–Crippen MR) is 175 cm³/mol. The SMILES string of the molecule is Cc1ccc(S(=O)(=O)OCC(C)OC(=O)C(CC(CC(C)(C)C)C(=O)OCC(C)OS(=O)(=O)c2ccc(C)cc2)C(C)(C)C)cc1. The van der Waals surface area contributed by atoms with Crippen molar-refractivity contribution in [3.8, 4) is 0 Å². The van der Waals surface area contributed by atoms with Crippen molar-refractivity contribution in [3.05, 3.63) is 59.7 Å². The summed E-state index contributed by atoms with van der Waals surface area (Å²) in [6, 6.07) is 12.4. The Morgan fingerprint density at radius 3 is 1.63 bits per heavy atom. The number of aryl methyl sites for hydroxylation is 2. The summed E-state index contributed by atoms with van der Waals surface area (Å²) in [5.74, 6) is -2.64. The van der Waals surface area contributed by atoms with Crippen LogP contribution in [-0.2, 0) is 47.7 Å². The van der Waals surface area contributed by atoms with Gasteiger partial charge in [-0.3, -0.25) is 18.0 Å². The summed E-state index contributed by atoms with van der Waals surface area (Å²) in [6.45, 7) is 17.5. The van der Waals surface area contributed by atoms with Gasteiger partial charge in [-0.1, -0.05) is 76.9 Å². The third-order valence-electron chi connectivity index (χ3n) is 7.19. The van der Waals surface area contributed by atoms with Gasteiger partial charge in [0.25, 0.3) is 20.2 Å². The van der Waals surface area contributed by atoms with E-state index in [0.29, 0.717) is 6.42 Å². The van der Waals surface area contributed by atoms with Crippen LogP contribution in [0.15, 0.2) is 58.3 Å². The number of hydrogen-bond acceptors (Lipinski definition) is 10. The molecular weight excluding hydrogens is 632 g/mol. The van der Waals surface area contributed by atoms with Gasteiger partial charge in [0.05, 0.1) is 21.6 Å². The van der Waals surface area contributed by atoms with Gasteiger partial charge in [-0.05, 0) is 75.6 Å². The molecule has 0 radical (unpaired) electrons. The molecule has 2 rings (SSSR count). The Balaban J connectivity index is 2.10. The average Bonchev–Trinajstić information content (AvgIpc) is 2.91. The van der Waals surface area contributed by atoms with Gasteiger partial charge >= 0.3 is 11.9 Å².